The van der Waals surface area contributed by atoms with E-state index in [1.54, 1.807) is 24.1 Å². The van der Waals surface area contributed by atoms with Crippen LogP contribution >= 0.6 is 0 Å². The van der Waals surface area contributed by atoms with Gasteiger partial charge in [-0.3, -0.25) is 9.89 Å². The van der Waals surface area contributed by atoms with Crippen molar-refractivity contribution in [3.63, 3.8) is 0 Å². The van der Waals surface area contributed by atoms with Crippen LogP contribution in [0.1, 0.15) is 16.1 Å². The van der Waals surface area contributed by atoms with Crippen molar-refractivity contribution in [2.24, 2.45) is 5.73 Å². The fraction of sp³-hybridized carbons (Fsp3) is 0.143. The molecule has 0 spiro atoms. The van der Waals surface area contributed by atoms with E-state index in [4.69, 9.17) is 10.5 Å². The SMILES string of the molecule is COc1ccc(C(N)=O)cc1Nc1ncc(F)c(N(C)c2ccc3c(C)n[nH]c3c2)n1. The van der Waals surface area contributed by atoms with Crippen LogP contribution in [0, 0.1) is 12.7 Å². The Labute approximate surface area is 177 Å². The Bertz CT molecular complexity index is 1290. The molecule has 158 valence electrons. The molecule has 0 radical (unpaired) electrons. The lowest BCUT2D eigenvalue weighted by molar-refractivity contribution is 0.100. The van der Waals surface area contributed by atoms with E-state index in [1.807, 2.05) is 25.1 Å². The molecule has 0 fully saturated rings. The second-order valence-corrected chi connectivity index (χ2v) is 6.87. The quantitative estimate of drug-likeness (QED) is 0.436. The number of hydrogen-bond acceptors (Lipinski definition) is 7. The van der Waals surface area contributed by atoms with Gasteiger partial charge in [-0.2, -0.15) is 10.1 Å². The Balaban J connectivity index is 1.68. The van der Waals surface area contributed by atoms with Crippen LogP contribution in [-0.4, -0.2) is 40.2 Å². The third-order valence-corrected chi connectivity index (χ3v) is 4.90. The van der Waals surface area contributed by atoms with Crippen molar-refractivity contribution in [3.05, 3.63) is 59.7 Å². The Kier molecular flexibility index (Phi) is 5.12. The lowest BCUT2D eigenvalue weighted by Gasteiger charge is -2.20. The van der Waals surface area contributed by atoms with Gasteiger partial charge in [-0.05, 0) is 43.3 Å². The maximum absolute atomic E-state index is 14.6. The largest absolute Gasteiger partial charge is 0.495 e. The number of aryl methyl sites for hydroxylation is 1. The standard InChI is InChI=1S/C21H20FN7O2/c1-11-14-6-5-13(9-16(14)28-27-11)29(2)20-15(22)10-24-21(26-20)25-17-8-12(19(23)30)4-7-18(17)31-3/h4-10H,1-3H3,(H2,23,30)(H,27,28)(H,24,25,26). The van der Waals surface area contributed by atoms with Crippen LogP contribution in [0.2, 0.25) is 0 Å². The molecular formula is C21H20FN7O2. The molecule has 0 aliphatic rings. The first-order valence-corrected chi connectivity index (χ1v) is 9.33. The summed E-state index contributed by atoms with van der Waals surface area (Å²) in [7, 11) is 3.19. The summed E-state index contributed by atoms with van der Waals surface area (Å²) in [6, 6.07) is 10.3. The average molecular weight is 421 g/mol. The molecule has 2 aromatic carbocycles. The van der Waals surface area contributed by atoms with Crippen LogP contribution in [0.25, 0.3) is 10.9 Å². The first-order chi connectivity index (χ1) is 14.9. The van der Waals surface area contributed by atoms with Gasteiger partial charge >= 0.3 is 0 Å². The molecule has 0 aliphatic heterocycles. The summed E-state index contributed by atoms with van der Waals surface area (Å²) < 4.78 is 19.9. The van der Waals surface area contributed by atoms with Crippen molar-refractivity contribution in [1.82, 2.24) is 20.2 Å². The number of anilines is 4. The molecule has 2 heterocycles. The highest BCUT2D eigenvalue weighted by molar-refractivity contribution is 5.94. The molecule has 2 aromatic heterocycles. The number of benzene rings is 2. The Morgan fingerprint density at radius 2 is 2.06 bits per heavy atom. The van der Waals surface area contributed by atoms with Gasteiger partial charge in [0, 0.05) is 23.7 Å². The van der Waals surface area contributed by atoms with Crippen molar-refractivity contribution in [1.29, 1.82) is 0 Å². The second kappa shape index (κ2) is 7.90. The van der Waals surface area contributed by atoms with E-state index >= 15 is 0 Å². The molecule has 4 N–H and O–H groups in total. The van der Waals surface area contributed by atoms with Gasteiger partial charge in [0.25, 0.3) is 0 Å². The smallest absolute Gasteiger partial charge is 0.248 e. The predicted molar refractivity (Wildman–Crippen MR) is 116 cm³/mol. The molecule has 0 unspecified atom stereocenters. The molecule has 4 rings (SSSR count). The minimum atomic E-state index is -0.591. The number of aromatic nitrogens is 4. The maximum atomic E-state index is 14.6. The molecule has 9 nitrogen and oxygen atoms in total. The Morgan fingerprint density at radius 3 is 2.81 bits per heavy atom. The van der Waals surface area contributed by atoms with Crippen molar-refractivity contribution in [2.75, 3.05) is 24.4 Å². The van der Waals surface area contributed by atoms with Crippen LogP contribution in [0.15, 0.2) is 42.6 Å². The highest BCUT2D eigenvalue weighted by atomic mass is 19.1. The van der Waals surface area contributed by atoms with Gasteiger partial charge in [-0.1, -0.05) is 0 Å². The third-order valence-electron chi connectivity index (χ3n) is 4.90. The number of fused-ring (bicyclic) bond motifs is 1. The van der Waals surface area contributed by atoms with Crippen molar-refractivity contribution >= 4 is 40.0 Å². The Hall–Kier alpha value is -4.21. The molecule has 4 aromatic rings. The fourth-order valence-corrected chi connectivity index (χ4v) is 3.21. The number of halogens is 1. The normalized spacial score (nSPS) is 10.8. The summed E-state index contributed by atoms with van der Waals surface area (Å²) in [6.07, 6.45) is 1.07. The van der Waals surface area contributed by atoms with Gasteiger partial charge in [0.2, 0.25) is 11.9 Å². The zero-order valence-electron chi connectivity index (χ0n) is 17.1. The fourth-order valence-electron chi connectivity index (χ4n) is 3.21. The van der Waals surface area contributed by atoms with E-state index in [0.29, 0.717) is 17.1 Å². The summed E-state index contributed by atoms with van der Waals surface area (Å²) in [5.41, 5.74) is 8.50. The van der Waals surface area contributed by atoms with E-state index in [0.717, 1.165) is 22.8 Å². The maximum Gasteiger partial charge on any atom is 0.248 e. The van der Waals surface area contributed by atoms with Gasteiger partial charge in [-0.25, -0.2) is 9.37 Å². The van der Waals surface area contributed by atoms with Crippen LogP contribution < -0.4 is 20.7 Å². The number of methoxy groups -OCH3 is 1. The van der Waals surface area contributed by atoms with E-state index in [9.17, 15) is 9.18 Å². The molecule has 31 heavy (non-hydrogen) atoms. The van der Waals surface area contributed by atoms with Crippen LogP contribution in [0.3, 0.4) is 0 Å². The molecule has 0 bridgehead atoms. The van der Waals surface area contributed by atoms with Gasteiger partial charge in [-0.15, -0.1) is 0 Å². The summed E-state index contributed by atoms with van der Waals surface area (Å²) in [6.45, 7) is 1.91. The number of carbonyl (C=O) groups excluding carboxylic acids is 1. The van der Waals surface area contributed by atoms with E-state index in [2.05, 4.69) is 25.5 Å². The lowest BCUT2D eigenvalue weighted by atomic mass is 10.2. The van der Waals surface area contributed by atoms with Crippen molar-refractivity contribution in [3.8, 4) is 5.75 Å². The molecule has 0 aliphatic carbocycles. The number of nitrogens with one attached hydrogen (secondary N) is 2. The number of nitrogens with zero attached hydrogens (tertiary/aromatic N) is 4. The number of rotatable bonds is 6. The zero-order valence-corrected chi connectivity index (χ0v) is 17.1. The Morgan fingerprint density at radius 1 is 1.26 bits per heavy atom. The molecule has 10 heteroatoms. The highest BCUT2D eigenvalue weighted by Gasteiger charge is 2.16. The lowest BCUT2D eigenvalue weighted by Crippen LogP contribution is -2.15. The summed E-state index contributed by atoms with van der Waals surface area (Å²) >= 11 is 0. The minimum Gasteiger partial charge on any atom is -0.495 e. The molecule has 1 amide bonds. The van der Waals surface area contributed by atoms with Crippen LogP contribution in [0.4, 0.5) is 27.5 Å². The van der Waals surface area contributed by atoms with E-state index < -0.39 is 11.7 Å². The first kappa shape index (κ1) is 20.1. The summed E-state index contributed by atoms with van der Waals surface area (Å²) in [4.78, 5) is 21.4. The molecule has 0 saturated heterocycles. The number of amides is 1. The number of ether oxygens (including phenoxy) is 1. The number of hydrogen-bond donors (Lipinski definition) is 3. The van der Waals surface area contributed by atoms with Gasteiger partial charge in [0.1, 0.15) is 5.75 Å². The van der Waals surface area contributed by atoms with Gasteiger partial charge in [0.15, 0.2) is 11.6 Å². The second-order valence-electron chi connectivity index (χ2n) is 6.87. The predicted octanol–water partition coefficient (Wildman–Crippen LogP) is 3.42. The molecular weight excluding hydrogens is 401 g/mol. The van der Waals surface area contributed by atoms with Crippen molar-refractivity contribution in [2.45, 2.75) is 6.92 Å². The van der Waals surface area contributed by atoms with Crippen LogP contribution in [-0.2, 0) is 0 Å². The number of carbonyl (C=O) groups is 1. The zero-order chi connectivity index (χ0) is 22.1. The van der Waals surface area contributed by atoms with Gasteiger partial charge < -0.3 is 20.7 Å². The minimum absolute atomic E-state index is 0.0677. The van der Waals surface area contributed by atoms with Gasteiger partial charge in [0.05, 0.1) is 30.2 Å². The average Bonchev–Trinajstić information content (AvgIpc) is 3.14. The number of nitrogens with two attached hydrogens (primary N) is 1. The third kappa shape index (κ3) is 3.82. The van der Waals surface area contributed by atoms with E-state index in [1.165, 1.54) is 13.2 Å². The van der Waals surface area contributed by atoms with Crippen molar-refractivity contribution < 1.29 is 13.9 Å². The topological polar surface area (TPSA) is 122 Å². The van der Waals surface area contributed by atoms with E-state index in [-0.39, 0.29) is 17.3 Å². The number of aromatic amines is 1. The summed E-state index contributed by atoms with van der Waals surface area (Å²) in [5, 5.41) is 11.1. The summed E-state index contributed by atoms with van der Waals surface area (Å²) in [5.74, 6) is -0.532. The number of H-pyrrole nitrogens is 1. The highest BCUT2D eigenvalue weighted by Crippen LogP contribution is 2.31. The number of primary amides is 1. The van der Waals surface area contributed by atoms with Crippen LogP contribution in [0.5, 0.6) is 5.75 Å². The monoisotopic (exact) mass is 421 g/mol. The first-order valence-electron chi connectivity index (χ1n) is 9.33. The molecule has 0 atom stereocenters. The molecule has 0 saturated carbocycles.